The van der Waals surface area contributed by atoms with Crippen molar-refractivity contribution in [3.05, 3.63) is 24.3 Å². The number of nitrogens with one attached hydrogen (secondary N) is 1. The number of benzene rings is 1. The molecule has 1 heterocycles. The molecule has 1 N–H and O–H groups in total. The number of fused-ring (bicyclic) bond motifs is 5. The van der Waals surface area contributed by atoms with E-state index in [1.165, 1.54) is 7.11 Å². The Hall–Kier alpha value is -1.94. The van der Waals surface area contributed by atoms with Gasteiger partial charge in [0, 0.05) is 21.4 Å². The summed E-state index contributed by atoms with van der Waals surface area (Å²) in [6.07, 6.45) is 0.821. The number of amides is 3. The third-order valence-corrected chi connectivity index (χ3v) is 9.29. The summed E-state index contributed by atoms with van der Waals surface area (Å²) < 4.78 is 10.1. The number of likely N-dealkylation sites (tertiary alicyclic amines) is 1. The minimum absolute atomic E-state index is 0.0792. The van der Waals surface area contributed by atoms with Crippen LogP contribution in [0.25, 0.3) is 0 Å². The quantitative estimate of drug-likeness (QED) is 0.334. The van der Waals surface area contributed by atoms with Gasteiger partial charge >= 0.3 is 5.97 Å². The van der Waals surface area contributed by atoms with Gasteiger partial charge in [0.05, 0.1) is 18.9 Å². The fourth-order valence-electron chi connectivity index (χ4n) is 4.79. The average Bonchev–Trinajstić information content (AvgIpc) is 3.33. The normalized spacial score (nSPS) is 31.6. The van der Waals surface area contributed by atoms with Crippen LogP contribution in [-0.2, 0) is 23.9 Å². The van der Waals surface area contributed by atoms with Crippen molar-refractivity contribution in [1.29, 1.82) is 0 Å². The zero-order valence-electron chi connectivity index (χ0n) is 16.0. The molecule has 0 aromatic heterocycles. The fourth-order valence-corrected chi connectivity index (χ4v) is 6.66. The van der Waals surface area contributed by atoms with E-state index >= 15 is 0 Å². The molecule has 6 atom stereocenters. The van der Waals surface area contributed by atoms with Gasteiger partial charge in [-0.1, -0.05) is 37.9 Å². The molecule has 0 radical (unpaired) electrons. The molecule has 4 rings (SSSR count). The Morgan fingerprint density at radius 2 is 1.77 bits per heavy atom. The maximum Gasteiger partial charge on any atom is 0.326 e. The third-order valence-electron chi connectivity index (χ3n) is 6.08. The van der Waals surface area contributed by atoms with Crippen LogP contribution in [0.3, 0.4) is 0 Å². The van der Waals surface area contributed by atoms with Gasteiger partial charge in [-0.15, -0.1) is 0 Å². The number of hydrogen-bond acceptors (Lipinski definition) is 6. The van der Waals surface area contributed by atoms with Crippen molar-refractivity contribution in [2.45, 2.75) is 16.1 Å². The lowest BCUT2D eigenvalue weighted by Gasteiger charge is -2.28. The van der Waals surface area contributed by atoms with E-state index in [1.807, 2.05) is 0 Å². The summed E-state index contributed by atoms with van der Waals surface area (Å²) in [6, 6.07) is 6.74. The molecule has 1 saturated heterocycles. The first kappa shape index (κ1) is 21.3. The molecule has 0 unspecified atom stereocenters. The monoisotopic (exact) mass is 542 g/mol. The van der Waals surface area contributed by atoms with Crippen molar-refractivity contribution in [2.24, 2.45) is 23.7 Å². The number of methoxy groups -OCH3 is 1. The Bertz CT molecular complexity index is 877. The third kappa shape index (κ3) is 3.64. The summed E-state index contributed by atoms with van der Waals surface area (Å²) >= 11 is 7.24. The van der Waals surface area contributed by atoms with Crippen LogP contribution >= 0.6 is 31.9 Å². The molecular formula is C20H20Br2N2O6. The second-order valence-electron chi connectivity index (χ2n) is 7.71. The summed E-state index contributed by atoms with van der Waals surface area (Å²) in [5, 5.41) is 2.59. The first-order valence-electron chi connectivity index (χ1n) is 9.54. The van der Waals surface area contributed by atoms with Crippen LogP contribution in [0.1, 0.15) is 6.42 Å². The Balaban J connectivity index is 1.31. The van der Waals surface area contributed by atoms with E-state index in [9.17, 15) is 19.2 Å². The van der Waals surface area contributed by atoms with E-state index in [-0.39, 0.29) is 45.1 Å². The highest BCUT2D eigenvalue weighted by atomic mass is 79.9. The smallest absolute Gasteiger partial charge is 0.326 e. The molecule has 0 spiro atoms. The molecule has 8 nitrogen and oxygen atoms in total. The molecule has 2 saturated carbocycles. The predicted octanol–water partition coefficient (Wildman–Crippen LogP) is 1.95. The summed E-state index contributed by atoms with van der Waals surface area (Å²) in [7, 11) is 1.51. The lowest BCUT2D eigenvalue weighted by Crippen LogP contribution is -2.38. The lowest BCUT2D eigenvalue weighted by atomic mass is 9.81. The Morgan fingerprint density at radius 1 is 1.13 bits per heavy atom. The highest BCUT2D eigenvalue weighted by Gasteiger charge is 2.66. The molecule has 2 aliphatic carbocycles. The zero-order chi connectivity index (χ0) is 21.6. The Kier molecular flexibility index (Phi) is 5.89. The van der Waals surface area contributed by atoms with Gasteiger partial charge in [0.1, 0.15) is 12.3 Å². The largest absolute Gasteiger partial charge is 0.497 e. The van der Waals surface area contributed by atoms with Crippen molar-refractivity contribution in [2.75, 3.05) is 25.6 Å². The van der Waals surface area contributed by atoms with Crippen molar-refractivity contribution >= 4 is 61.2 Å². The zero-order valence-corrected chi connectivity index (χ0v) is 19.2. The molecule has 160 valence electrons. The molecular weight excluding hydrogens is 524 g/mol. The van der Waals surface area contributed by atoms with Crippen LogP contribution < -0.4 is 10.1 Å². The number of hydrogen-bond donors (Lipinski definition) is 1. The molecule has 3 amide bonds. The van der Waals surface area contributed by atoms with Gasteiger partial charge in [0.25, 0.3) is 5.91 Å². The van der Waals surface area contributed by atoms with Crippen LogP contribution in [0, 0.1) is 23.7 Å². The van der Waals surface area contributed by atoms with Gasteiger partial charge in [0.15, 0.2) is 6.61 Å². The molecule has 30 heavy (non-hydrogen) atoms. The van der Waals surface area contributed by atoms with Gasteiger partial charge in [-0.25, -0.2) is 0 Å². The fraction of sp³-hybridized carbons (Fsp3) is 0.500. The van der Waals surface area contributed by atoms with E-state index in [2.05, 4.69) is 37.2 Å². The second kappa shape index (κ2) is 8.30. The highest BCUT2D eigenvalue weighted by molar-refractivity contribution is 9.12. The van der Waals surface area contributed by atoms with Gasteiger partial charge in [-0.3, -0.25) is 24.1 Å². The number of anilines is 1. The number of ether oxygens (including phenoxy) is 2. The summed E-state index contributed by atoms with van der Waals surface area (Å²) in [5.41, 5.74) is 0.497. The van der Waals surface area contributed by atoms with Crippen LogP contribution in [0.2, 0.25) is 0 Å². The second-order valence-corrected chi connectivity index (χ2v) is 9.82. The van der Waals surface area contributed by atoms with Crippen LogP contribution in [0.5, 0.6) is 5.75 Å². The van der Waals surface area contributed by atoms with Crippen molar-refractivity contribution in [1.82, 2.24) is 4.90 Å². The minimum Gasteiger partial charge on any atom is -0.497 e. The van der Waals surface area contributed by atoms with Gasteiger partial charge in [-0.05, 0) is 30.4 Å². The number of halogens is 2. The standard InChI is InChI=1S/C20H20Br2N2O6/c1-29-10-4-2-3-9(5-10)23-13(25)8-30-14(26)7-24-19(27)15-11-6-12(16(15)20(24)28)18(22)17(11)21/h2-5,11-12,15-18H,6-8H2,1H3,(H,23,25)/t11-,12-,15-,16+,17+,18+/m1/s1. The van der Waals surface area contributed by atoms with Gasteiger partial charge in [0.2, 0.25) is 11.8 Å². The van der Waals surface area contributed by atoms with Gasteiger partial charge in [-0.2, -0.15) is 0 Å². The predicted molar refractivity (Wildman–Crippen MR) is 113 cm³/mol. The van der Waals surface area contributed by atoms with Crippen molar-refractivity contribution in [3.8, 4) is 5.75 Å². The molecule has 2 bridgehead atoms. The molecule has 3 fully saturated rings. The maximum absolute atomic E-state index is 12.8. The molecule has 1 aliphatic heterocycles. The molecule has 10 heteroatoms. The number of carbonyl (C=O) groups excluding carboxylic acids is 4. The first-order valence-corrected chi connectivity index (χ1v) is 11.4. The highest BCUT2D eigenvalue weighted by Crippen LogP contribution is 2.60. The van der Waals surface area contributed by atoms with E-state index in [0.29, 0.717) is 11.4 Å². The summed E-state index contributed by atoms with van der Waals surface area (Å²) in [6.45, 7) is -0.992. The minimum atomic E-state index is -0.796. The van der Waals surface area contributed by atoms with E-state index in [1.54, 1.807) is 24.3 Å². The number of carbonyl (C=O) groups is 4. The Morgan fingerprint density at radius 3 is 2.37 bits per heavy atom. The summed E-state index contributed by atoms with van der Waals surface area (Å²) in [5.74, 6) is -2.00. The van der Waals surface area contributed by atoms with E-state index in [4.69, 9.17) is 9.47 Å². The number of imide groups is 1. The van der Waals surface area contributed by atoms with Crippen molar-refractivity contribution < 1.29 is 28.7 Å². The summed E-state index contributed by atoms with van der Waals surface area (Å²) in [4.78, 5) is 51.0. The SMILES string of the molecule is COc1cccc(NC(=O)COC(=O)CN2C(=O)[C@@H]3[C@H]4C[C@@H]([C@H](Br)[C@H]4Br)[C@@H]3C2=O)c1. The molecule has 1 aromatic carbocycles. The van der Waals surface area contributed by atoms with Gasteiger partial charge < -0.3 is 14.8 Å². The van der Waals surface area contributed by atoms with Crippen LogP contribution in [0.15, 0.2) is 24.3 Å². The van der Waals surface area contributed by atoms with Crippen LogP contribution in [-0.4, -0.2) is 58.5 Å². The topological polar surface area (TPSA) is 102 Å². The van der Waals surface area contributed by atoms with E-state index in [0.717, 1.165) is 11.3 Å². The maximum atomic E-state index is 12.8. The first-order chi connectivity index (χ1) is 14.3. The number of rotatable bonds is 6. The van der Waals surface area contributed by atoms with Crippen LogP contribution in [0.4, 0.5) is 5.69 Å². The molecule has 1 aromatic rings. The lowest BCUT2D eigenvalue weighted by molar-refractivity contribution is -0.154. The Labute approximate surface area is 189 Å². The number of alkyl halides is 2. The number of nitrogens with zero attached hydrogens (tertiary/aromatic N) is 1. The van der Waals surface area contributed by atoms with Crippen molar-refractivity contribution in [3.63, 3.8) is 0 Å². The molecule has 3 aliphatic rings. The number of esters is 1. The van der Waals surface area contributed by atoms with E-state index < -0.39 is 25.0 Å². The average molecular weight is 544 g/mol.